The fourth-order valence-electron chi connectivity index (χ4n) is 3.40. The van der Waals surface area contributed by atoms with Crippen LogP contribution in [0.2, 0.25) is 0 Å². The van der Waals surface area contributed by atoms with E-state index in [1.807, 2.05) is 36.1 Å². The van der Waals surface area contributed by atoms with Gasteiger partial charge in [0.15, 0.2) is 5.82 Å². The molecule has 140 valence electrons. The number of tetrazole rings is 1. The number of nitrogens with one attached hydrogen (secondary N) is 1. The minimum Gasteiger partial charge on any atom is -0.495 e. The summed E-state index contributed by atoms with van der Waals surface area (Å²) in [4.78, 5) is 17.2. The molecular formula is C17H20N8O2. The van der Waals surface area contributed by atoms with E-state index in [1.54, 1.807) is 7.11 Å². The number of amides is 1. The zero-order chi connectivity index (χ0) is 18.8. The number of rotatable bonds is 4. The maximum Gasteiger partial charge on any atom is 0.259 e. The number of hydrogen-bond donors (Lipinski definition) is 1. The molecule has 10 nitrogen and oxygen atoms in total. The smallest absolute Gasteiger partial charge is 0.259 e. The summed E-state index contributed by atoms with van der Waals surface area (Å²) in [7, 11) is 1.67. The summed E-state index contributed by atoms with van der Waals surface area (Å²) in [6, 6.07) is 7.94. The lowest BCUT2D eigenvalue weighted by molar-refractivity contribution is 0.0674. The third-order valence-corrected chi connectivity index (χ3v) is 4.74. The van der Waals surface area contributed by atoms with E-state index in [2.05, 4.69) is 30.6 Å². The van der Waals surface area contributed by atoms with E-state index in [0.717, 1.165) is 11.4 Å². The molecule has 3 heterocycles. The Hall–Kier alpha value is -3.43. The molecule has 1 aliphatic heterocycles. The van der Waals surface area contributed by atoms with E-state index in [4.69, 9.17) is 4.74 Å². The monoisotopic (exact) mass is 368 g/mol. The minimum absolute atomic E-state index is 0.0211. The predicted molar refractivity (Wildman–Crippen MR) is 97.0 cm³/mol. The first-order chi connectivity index (χ1) is 13.2. The number of aromatic nitrogens is 6. The van der Waals surface area contributed by atoms with Crippen LogP contribution in [0.3, 0.4) is 0 Å². The number of hydrogen-bond acceptors (Lipinski definition) is 7. The molecule has 27 heavy (non-hydrogen) atoms. The van der Waals surface area contributed by atoms with E-state index < -0.39 is 0 Å². The maximum absolute atomic E-state index is 13.1. The molecule has 1 atom stereocenters. The second-order valence-electron chi connectivity index (χ2n) is 6.35. The van der Waals surface area contributed by atoms with Crippen LogP contribution < -0.4 is 9.64 Å². The highest BCUT2D eigenvalue weighted by molar-refractivity contribution is 5.97. The molecule has 3 aromatic rings. The number of anilines is 1. The molecule has 0 unspecified atom stereocenters. The fourth-order valence-corrected chi connectivity index (χ4v) is 3.40. The summed E-state index contributed by atoms with van der Waals surface area (Å²) in [6.45, 7) is 4.06. The third-order valence-electron chi connectivity index (χ3n) is 4.74. The molecule has 1 amide bonds. The van der Waals surface area contributed by atoms with E-state index >= 15 is 0 Å². The van der Waals surface area contributed by atoms with Gasteiger partial charge < -0.3 is 14.5 Å². The van der Waals surface area contributed by atoms with Crippen LogP contribution in [0, 0.1) is 0 Å². The van der Waals surface area contributed by atoms with Gasteiger partial charge in [0, 0.05) is 25.7 Å². The Bertz CT molecular complexity index is 923. The Kier molecular flexibility index (Phi) is 4.45. The number of para-hydroxylation sites is 2. The number of nitrogens with zero attached hydrogens (tertiary/aromatic N) is 7. The van der Waals surface area contributed by atoms with Gasteiger partial charge in [-0.1, -0.05) is 12.1 Å². The maximum atomic E-state index is 13.1. The first-order valence-electron chi connectivity index (χ1n) is 8.64. The van der Waals surface area contributed by atoms with Crippen molar-refractivity contribution in [2.75, 3.05) is 31.6 Å². The summed E-state index contributed by atoms with van der Waals surface area (Å²) in [6.07, 6.45) is 2.94. The van der Waals surface area contributed by atoms with Crippen molar-refractivity contribution >= 4 is 11.6 Å². The van der Waals surface area contributed by atoms with E-state index in [0.29, 0.717) is 31.0 Å². The summed E-state index contributed by atoms with van der Waals surface area (Å²) in [5, 5.41) is 17.8. The van der Waals surface area contributed by atoms with Crippen molar-refractivity contribution in [1.82, 2.24) is 35.3 Å². The van der Waals surface area contributed by atoms with E-state index in [9.17, 15) is 4.79 Å². The Morgan fingerprint density at radius 3 is 2.89 bits per heavy atom. The quantitative estimate of drug-likeness (QED) is 0.724. The molecule has 1 fully saturated rings. The van der Waals surface area contributed by atoms with E-state index in [1.165, 1.54) is 17.2 Å². The van der Waals surface area contributed by atoms with Gasteiger partial charge in [-0.3, -0.25) is 9.89 Å². The van der Waals surface area contributed by atoms with Gasteiger partial charge in [-0.25, -0.2) is 0 Å². The van der Waals surface area contributed by atoms with Crippen LogP contribution in [-0.2, 0) is 0 Å². The highest BCUT2D eigenvalue weighted by atomic mass is 16.5. The lowest BCUT2D eigenvalue weighted by Gasteiger charge is -2.41. The number of H-pyrrole nitrogens is 1. The zero-order valence-electron chi connectivity index (χ0n) is 15.1. The van der Waals surface area contributed by atoms with Crippen LogP contribution in [0.4, 0.5) is 5.69 Å². The van der Waals surface area contributed by atoms with Gasteiger partial charge in [0.1, 0.15) is 17.6 Å². The van der Waals surface area contributed by atoms with Crippen molar-refractivity contribution in [3.8, 4) is 11.6 Å². The Morgan fingerprint density at radius 2 is 2.15 bits per heavy atom. The van der Waals surface area contributed by atoms with Crippen LogP contribution in [0.25, 0.3) is 5.82 Å². The first-order valence-corrected chi connectivity index (χ1v) is 8.64. The van der Waals surface area contributed by atoms with Crippen molar-refractivity contribution in [2.45, 2.75) is 13.0 Å². The van der Waals surface area contributed by atoms with E-state index in [-0.39, 0.29) is 11.9 Å². The summed E-state index contributed by atoms with van der Waals surface area (Å²) >= 11 is 0. The molecule has 1 N–H and O–H groups in total. The summed E-state index contributed by atoms with van der Waals surface area (Å²) in [5.41, 5.74) is 1.48. The lowest BCUT2D eigenvalue weighted by Crippen LogP contribution is -2.54. The predicted octanol–water partition coefficient (Wildman–Crippen LogP) is 0.745. The number of aromatic amines is 1. The van der Waals surface area contributed by atoms with Gasteiger partial charge in [0.25, 0.3) is 5.91 Å². The molecule has 1 saturated heterocycles. The average Bonchev–Trinajstić information content (AvgIpc) is 3.38. The van der Waals surface area contributed by atoms with Gasteiger partial charge in [-0.15, -0.1) is 5.10 Å². The van der Waals surface area contributed by atoms with Crippen molar-refractivity contribution in [2.24, 2.45) is 0 Å². The molecule has 1 aliphatic rings. The summed E-state index contributed by atoms with van der Waals surface area (Å²) < 4.78 is 6.87. The second kappa shape index (κ2) is 7.06. The summed E-state index contributed by atoms with van der Waals surface area (Å²) in [5.74, 6) is 1.20. The number of ether oxygens (including phenoxy) is 1. The van der Waals surface area contributed by atoms with Gasteiger partial charge in [-0.2, -0.15) is 9.78 Å². The molecule has 1 aromatic carbocycles. The molecule has 10 heteroatoms. The molecule has 2 aromatic heterocycles. The van der Waals surface area contributed by atoms with Crippen molar-refractivity contribution < 1.29 is 9.53 Å². The van der Waals surface area contributed by atoms with Crippen molar-refractivity contribution in [3.05, 3.63) is 42.4 Å². The molecule has 0 bridgehead atoms. The topological polar surface area (TPSA) is 105 Å². The normalized spacial score (nSPS) is 17.2. The highest BCUT2D eigenvalue weighted by Gasteiger charge is 2.31. The van der Waals surface area contributed by atoms with Gasteiger partial charge in [0.05, 0.1) is 19.0 Å². The SMILES string of the molecule is COc1ccccc1N1CCN(C(=O)c2cn[nH]c2-n2cnnn2)[C@@H](C)C1. The number of benzene rings is 1. The Labute approximate surface area is 155 Å². The average molecular weight is 368 g/mol. The van der Waals surface area contributed by atoms with Crippen LogP contribution in [0.1, 0.15) is 17.3 Å². The van der Waals surface area contributed by atoms with Gasteiger partial charge in [-0.05, 0) is 29.5 Å². The number of methoxy groups -OCH3 is 1. The molecular weight excluding hydrogens is 348 g/mol. The minimum atomic E-state index is -0.0959. The first kappa shape index (κ1) is 17.0. The molecule has 0 spiro atoms. The third kappa shape index (κ3) is 3.09. The highest BCUT2D eigenvalue weighted by Crippen LogP contribution is 2.30. The van der Waals surface area contributed by atoms with Crippen molar-refractivity contribution in [1.29, 1.82) is 0 Å². The zero-order valence-corrected chi connectivity index (χ0v) is 15.1. The molecule has 0 saturated carbocycles. The fraction of sp³-hybridized carbons (Fsp3) is 0.353. The number of piperazine rings is 1. The Balaban J connectivity index is 1.53. The van der Waals surface area contributed by atoms with Gasteiger partial charge >= 0.3 is 0 Å². The number of carbonyl (C=O) groups excluding carboxylic acids is 1. The molecule has 0 radical (unpaired) electrons. The van der Waals surface area contributed by atoms with Crippen LogP contribution in [0.15, 0.2) is 36.8 Å². The van der Waals surface area contributed by atoms with Crippen LogP contribution in [-0.4, -0.2) is 74.0 Å². The van der Waals surface area contributed by atoms with Crippen LogP contribution >= 0.6 is 0 Å². The van der Waals surface area contributed by atoms with Crippen LogP contribution in [0.5, 0.6) is 5.75 Å². The lowest BCUT2D eigenvalue weighted by atomic mass is 10.1. The molecule has 0 aliphatic carbocycles. The van der Waals surface area contributed by atoms with Crippen molar-refractivity contribution in [3.63, 3.8) is 0 Å². The molecule has 4 rings (SSSR count). The second-order valence-corrected chi connectivity index (χ2v) is 6.35. The largest absolute Gasteiger partial charge is 0.495 e. The standard InChI is InChI=1S/C17H20N8O2/c1-12-10-23(14-5-3-4-6-15(14)27-2)7-8-24(12)17(26)13-9-18-20-16(13)25-11-19-21-22-25/h3-6,9,11-12H,7-8,10H2,1-2H3,(H,18,20)/t12-/m0/s1. The number of carbonyl (C=O) groups is 1. The van der Waals surface area contributed by atoms with Gasteiger partial charge in [0.2, 0.25) is 0 Å². The Morgan fingerprint density at radius 1 is 1.30 bits per heavy atom.